The summed E-state index contributed by atoms with van der Waals surface area (Å²) in [5, 5.41) is 4.28. The summed E-state index contributed by atoms with van der Waals surface area (Å²) in [6.07, 6.45) is 2.11. The first-order valence-corrected chi connectivity index (χ1v) is 5.82. The third kappa shape index (κ3) is 2.61. The van der Waals surface area contributed by atoms with Gasteiger partial charge in [0.15, 0.2) is 0 Å². The molecule has 0 aromatic carbocycles. The zero-order valence-corrected chi connectivity index (χ0v) is 10.1. The number of alkyl halides is 1. The Morgan fingerprint density at radius 2 is 2.33 bits per heavy atom. The molecule has 0 nitrogen and oxygen atoms in total. The summed E-state index contributed by atoms with van der Waals surface area (Å²) in [6, 6.07) is 0. The smallest absolute Gasteiger partial charge is 0.0517 e. The Kier molecular flexibility index (Phi) is 3.81. The molecule has 1 atom stereocenters. The molecule has 0 saturated carbocycles. The minimum Gasteiger partial charge on any atom is -0.151 e. The van der Waals surface area contributed by atoms with Gasteiger partial charge in [-0.25, -0.2) is 0 Å². The first-order valence-electron chi connectivity index (χ1n) is 3.65. The van der Waals surface area contributed by atoms with Crippen LogP contribution in [0.4, 0.5) is 0 Å². The largest absolute Gasteiger partial charge is 0.151 e. The van der Waals surface area contributed by atoms with Crippen LogP contribution in [0.15, 0.2) is 20.8 Å². The lowest BCUT2D eigenvalue weighted by Crippen LogP contribution is -1.91. The van der Waals surface area contributed by atoms with E-state index in [0.29, 0.717) is 0 Å². The number of halogens is 2. The molecule has 0 fully saturated rings. The topological polar surface area (TPSA) is 0 Å². The highest BCUT2D eigenvalue weighted by Crippen LogP contribution is 2.24. The molecule has 0 aliphatic carbocycles. The lowest BCUT2D eigenvalue weighted by molar-refractivity contribution is 1.12. The highest BCUT2D eigenvalue weighted by atomic mass is 79.9. The third-order valence-electron chi connectivity index (χ3n) is 1.65. The van der Waals surface area contributed by atoms with E-state index in [1.165, 1.54) is 11.1 Å². The molecule has 1 rings (SSSR count). The highest BCUT2D eigenvalue weighted by Gasteiger charge is 2.01. The molecule has 0 bridgehead atoms. The van der Waals surface area contributed by atoms with E-state index in [1.54, 1.807) is 11.3 Å². The maximum atomic E-state index is 5.92. The molecule has 1 aromatic rings. The number of hydrogen-bond acceptors (Lipinski definition) is 1. The second-order valence-electron chi connectivity index (χ2n) is 2.68. The van der Waals surface area contributed by atoms with Crippen molar-refractivity contribution in [1.29, 1.82) is 0 Å². The van der Waals surface area contributed by atoms with Crippen molar-refractivity contribution in [3.63, 3.8) is 0 Å². The molecule has 0 aliphatic heterocycles. The van der Waals surface area contributed by atoms with Gasteiger partial charge >= 0.3 is 0 Å². The summed E-state index contributed by atoms with van der Waals surface area (Å²) in [6.45, 7) is 4.02. The van der Waals surface area contributed by atoms with E-state index >= 15 is 0 Å². The lowest BCUT2D eigenvalue weighted by atomic mass is 10.2. The second-order valence-corrected chi connectivity index (χ2v) is 4.93. The summed E-state index contributed by atoms with van der Waals surface area (Å²) in [5.41, 5.74) is 2.40. The van der Waals surface area contributed by atoms with Crippen molar-refractivity contribution in [2.75, 3.05) is 0 Å². The van der Waals surface area contributed by atoms with Gasteiger partial charge in [0.25, 0.3) is 0 Å². The molecule has 0 radical (unpaired) electrons. The molecule has 0 saturated heterocycles. The Hall–Kier alpha value is 0.210. The van der Waals surface area contributed by atoms with Crippen LogP contribution in [0.25, 0.3) is 6.08 Å². The Morgan fingerprint density at radius 1 is 1.67 bits per heavy atom. The number of allylic oxidation sites excluding steroid dienone is 1. The SMILES string of the molecule is C/C(=C\c1cscc1Br)C(C)Cl. The van der Waals surface area contributed by atoms with E-state index < -0.39 is 0 Å². The Bertz CT molecular complexity index is 288. The molecular formula is C9H10BrClS. The average Bonchev–Trinajstić information content (AvgIpc) is 2.36. The van der Waals surface area contributed by atoms with Crippen molar-refractivity contribution < 1.29 is 0 Å². The van der Waals surface area contributed by atoms with Crippen LogP contribution in [0, 0.1) is 0 Å². The quantitative estimate of drug-likeness (QED) is 0.689. The molecule has 0 aliphatic rings. The predicted octanol–water partition coefficient (Wildman–Crippen LogP) is 4.54. The molecule has 1 aromatic heterocycles. The Labute approximate surface area is 90.4 Å². The van der Waals surface area contributed by atoms with E-state index in [-0.39, 0.29) is 5.38 Å². The zero-order chi connectivity index (χ0) is 9.14. The van der Waals surface area contributed by atoms with Gasteiger partial charge < -0.3 is 0 Å². The fraction of sp³-hybridized carbons (Fsp3) is 0.333. The van der Waals surface area contributed by atoms with Crippen molar-refractivity contribution in [3.05, 3.63) is 26.4 Å². The van der Waals surface area contributed by atoms with Gasteiger partial charge in [-0.05, 0) is 40.7 Å². The number of hydrogen-bond donors (Lipinski definition) is 0. The van der Waals surface area contributed by atoms with Crippen molar-refractivity contribution in [2.45, 2.75) is 19.2 Å². The Morgan fingerprint density at radius 3 is 2.75 bits per heavy atom. The van der Waals surface area contributed by atoms with Crippen LogP contribution < -0.4 is 0 Å². The molecule has 0 spiro atoms. The standard InChI is InChI=1S/C9H10BrClS/c1-6(7(2)11)3-8-4-12-5-9(8)10/h3-5,7H,1-2H3/b6-3+. The maximum Gasteiger partial charge on any atom is 0.0517 e. The molecule has 1 heterocycles. The van der Waals surface area contributed by atoms with Gasteiger partial charge in [0.1, 0.15) is 0 Å². The van der Waals surface area contributed by atoms with Crippen molar-refractivity contribution in [1.82, 2.24) is 0 Å². The van der Waals surface area contributed by atoms with Crippen LogP contribution in [0.5, 0.6) is 0 Å². The van der Waals surface area contributed by atoms with Crippen LogP contribution in [-0.2, 0) is 0 Å². The number of thiophene rings is 1. The minimum atomic E-state index is 0.108. The minimum absolute atomic E-state index is 0.108. The fourth-order valence-electron chi connectivity index (χ4n) is 0.754. The van der Waals surface area contributed by atoms with Crippen LogP contribution in [0.2, 0.25) is 0 Å². The van der Waals surface area contributed by atoms with Gasteiger partial charge in [-0.2, -0.15) is 11.3 Å². The summed E-state index contributed by atoms with van der Waals surface area (Å²) in [7, 11) is 0. The van der Waals surface area contributed by atoms with E-state index in [1.807, 2.05) is 13.8 Å². The zero-order valence-electron chi connectivity index (χ0n) is 6.97. The van der Waals surface area contributed by atoms with Crippen LogP contribution in [-0.4, -0.2) is 5.38 Å². The molecule has 66 valence electrons. The first-order chi connectivity index (χ1) is 5.61. The van der Waals surface area contributed by atoms with Gasteiger partial charge in [-0.3, -0.25) is 0 Å². The third-order valence-corrected chi connectivity index (χ3v) is 3.75. The normalized spacial score (nSPS) is 14.8. The summed E-state index contributed by atoms with van der Waals surface area (Å²) in [4.78, 5) is 0. The van der Waals surface area contributed by atoms with Crippen molar-refractivity contribution in [2.24, 2.45) is 0 Å². The molecule has 1 unspecified atom stereocenters. The Balaban J connectivity index is 2.87. The van der Waals surface area contributed by atoms with E-state index in [2.05, 4.69) is 32.8 Å². The molecule has 0 N–H and O–H groups in total. The summed E-state index contributed by atoms with van der Waals surface area (Å²) >= 11 is 11.1. The molecular weight excluding hydrogens is 256 g/mol. The van der Waals surface area contributed by atoms with Crippen molar-refractivity contribution >= 4 is 44.9 Å². The van der Waals surface area contributed by atoms with Crippen molar-refractivity contribution in [3.8, 4) is 0 Å². The van der Waals surface area contributed by atoms with E-state index in [4.69, 9.17) is 11.6 Å². The number of rotatable bonds is 2. The summed E-state index contributed by atoms with van der Waals surface area (Å²) < 4.78 is 1.14. The summed E-state index contributed by atoms with van der Waals surface area (Å²) in [5.74, 6) is 0. The fourth-order valence-corrected chi connectivity index (χ4v) is 2.19. The maximum absolute atomic E-state index is 5.92. The van der Waals surface area contributed by atoms with Crippen LogP contribution >= 0.6 is 38.9 Å². The van der Waals surface area contributed by atoms with Gasteiger partial charge in [0.2, 0.25) is 0 Å². The molecule has 12 heavy (non-hydrogen) atoms. The van der Waals surface area contributed by atoms with Gasteiger partial charge in [0.05, 0.1) is 5.38 Å². The molecule has 0 amide bonds. The average molecular weight is 266 g/mol. The van der Waals surface area contributed by atoms with Gasteiger partial charge in [0, 0.05) is 9.85 Å². The first kappa shape index (κ1) is 10.3. The molecule has 3 heteroatoms. The van der Waals surface area contributed by atoms with E-state index in [0.717, 1.165) is 4.47 Å². The predicted molar refractivity (Wildman–Crippen MR) is 61.0 cm³/mol. The highest BCUT2D eigenvalue weighted by molar-refractivity contribution is 9.10. The van der Waals surface area contributed by atoms with Gasteiger partial charge in [-0.15, -0.1) is 11.6 Å². The van der Waals surface area contributed by atoms with E-state index in [9.17, 15) is 0 Å². The monoisotopic (exact) mass is 264 g/mol. The lowest BCUT2D eigenvalue weighted by Gasteiger charge is -2.01. The van der Waals surface area contributed by atoms with Gasteiger partial charge in [-0.1, -0.05) is 11.6 Å². The van der Waals surface area contributed by atoms with Crippen LogP contribution in [0.1, 0.15) is 19.4 Å². The van der Waals surface area contributed by atoms with Crippen LogP contribution in [0.3, 0.4) is 0 Å². The second kappa shape index (κ2) is 4.45.